The van der Waals surface area contributed by atoms with Gasteiger partial charge in [0, 0.05) is 13.1 Å². The van der Waals surface area contributed by atoms with Crippen molar-refractivity contribution in [3.8, 4) is 17.2 Å². The van der Waals surface area contributed by atoms with Gasteiger partial charge in [0.05, 0.1) is 27.8 Å². The summed E-state index contributed by atoms with van der Waals surface area (Å²) in [6, 6.07) is 12.3. The molecule has 0 fully saturated rings. The van der Waals surface area contributed by atoms with Crippen LogP contribution in [0.5, 0.6) is 17.2 Å². The number of carbonyl (C=O) groups is 2. The number of unbranched alkanes of at least 4 members (excludes halogenated alkanes) is 1. The molecule has 0 spiro atoms. The molecule has 1 atom stereocenters. The molecule has 0 heterocycles. The third-order valence-corrected chi connectivity index (χ3v) is 5.31. The molecule has 2 amide bonds. The summed E-state index contributed by atoms with van der Waals surface area (Å²) < 4.78 is 15.8. The number of rotatable bonds is 12. The maximum atomic E-state index is 13.3. The molecule has 2 aromatic rings. The van der Waals surface area contributed by atoms with Gasteiger partial charge in [-0.25, -0.2) is 0 Å². The molecule has 0 radical (unpaired) electrons. The van der Waals surface area contributed by atoms with Gasteiger partial charge in [0.1, 0.15) is 11.8 Å². The van der Waals surface area contributed by atoms with Crippen molar-refractivity contribution in [2.45, 2.75) is 45.7 Å². The molecule has 1 unspecified atom stereocenters. The standard InChI is InChI=1S/C25H34N2O5/c1-6-7-14-26-25(29)18(2)27(17-19-8-11-21(30-3)12-9-19)24(28)16-20-10-13-22(31-4)23(15-20)32-5/h8-13,15,18H,6-7,14,16-17H2,1-5H3,(H,26,29). The molecule has 1 N–H and O–H groups in total. The highest BCUT2D eigenvalue weighted by Crippen LogP contribution is 2.28. The molecule has 0 aliphatic rings. The molecule has 32 heavy (non-hydrogen) atoms. The highest BCUT2D eigenvalue weighted by Gasteiger charge is 2.26. The SMILES string of the molecule is CCCCNC(=O)C(C)N(Cc1ccc(OC)cc1)C(=O)Cc1ccc(OC)c(OC)c1. The van der Waals surface area contributed by atoms with Crippen LogP contribution in [0.2, 0.25) is 0 Å². The monoisotopic (exact) mass is 442 g/mol. The summed E-state index contributed by atoms with van der Waals surface area (Å²) in [5, 5.41) is 2.93. The van der Waals surface area contributed by atoms with Gasteiger partial charge in [0.25, 0.3) is 0 Å². The van der Waals surface area contributed by atoms with Gasteiger partial charge >= 0.3 is 0 Å². The van der Waals surface area contributed by atoms with Gasteiger partial charge in [-0.3, -0.25) is 9.59 Å². The number of methoxy groups -OCH3 is 3. The second-order valence-corrected chi connectivity index (χ2v) is 7.56. The minimum absolute atomic E-state index is 0.142. The average Bonchev–Trinajstić information content (AvgIpc) is 2.82. The Bertz CT molecular complexity index is 882. The first-order valence-corrected chi connectivity index (χ1v) is 10.8. The Morgan fingerprint density at radius 1 is 0.938 bits per heavy atom. The van der Waals surface area contributed by atoms with Crippen LogP contribution in [0.25, 0.3) is 0 Å². The Morgan fingerprint density at radius 2 is 1.59 bits per heavy atom. The lowest BCUT2D eigenvalue weighted by Gasteiger charge is -2.29. The van der Waals surface area contributed by atoms with E-state index in [1.165, 1.54) is 0 Å². The van der Waals surface area contributed by atoms with E-state index in [2.05, 4.69) is 12.2 Å². The summed E-state index contributed by atoms with van der Waals surface area (Å²) in [6.45, 7) is 4.74. The van der Waals surface area contributed by atoms with Crippen molar-refractivity contribution in [2.24, 2.45) is 0 Å². The lowest BCUT2D eigenvalue weighted by Crippen LogP contribution is -2.48. The van der Waals surface area contributed by atoms with Gasteiger partial charge in [-0.15, -0.1) is 0 Å². The highest BCUT2D eigenvalue weighted by molar-refractivity contribution is 5.88. The predicted molar refractivity (Wildman–Crippen MR) is 124 cm³/mol. The van der Waals surface area contributed by atoms with Gasteiger partial charge in [0.2, 0.25) is 11.8 Å². The van der Waals surface area contributed by atoms with Crippen LogP contribution in [0.15, 0.2) is 42.5 Å². The summed E-state index contributed by atoms with van der Waals surface area (Å²) in [7, 11) is 4.73. The smallest absolute Gasteiger partial charge is 0.242 e. The molecular formula is C25H34N2O5. The van der Waals surface area contributed by atoms with E-state index in [0.29, 0.717) is 24.6 Å². The van der Waals surface area contributed by atoms with Crippen molar-refractivity contribution < 1.29 is 23.8 Å². The van der Waals surface area contributed by atoms with Crippen LogP contribution in [0.4, 0.5) is 0 Å². The number of nitrogens with zero attached hydrogens (tertiary/aromatic N) is 1. The Morgan fingerprint density at radius 3 is 2.19 bits per heavy atom. The summed E-state index contributed by atoms with van der Waals surface area (Å²) in [5.41, 5.74) is 1.70. The Labute approximate surface area is 190 Å². The zero-order chi connectivity index (χ0) is 23.5. The first-order valence-electron chi connectivity index (χ1n) is 10.8. The van der Waals surface area contributed by atoms with Crippen molar-refractivity contribution in [3.63, 3.8) is 0 Å². The second-order valence-electron chi connectivity index (χ2n) is 7.56. The van der Waals surface area contributed by atoms with E-state index in [4.69, 9.17) is 14.2 Å². The first-order chi connectivity index (χ1) is 15.4. The minimum Gasteiger partial charge on any atom is -0.497 e. The molecule has 0 aliphatic carbocycles. The van der Waals surface area contributed by atoms with Gasteiger partial charge in [-0.2, -0.15) is 0 Å². The molecule has 0 saturated carbocycles. The number of hydrogen-bond acceptors (Lipinski definition) is 5. The molecule has 7 heteroatoms. The number of ether oxygens (including phenoxy) is 3. The lowest BCUT2D eigenvalue weighted by atomic mass is 10.1. The molecule has 0 aromatic heterocycles. The van der Waals surface area contributed by atoms with E-state index in [0.717, 1.165) is 29.7 Å². The summed E-state index contributed by atoms with van der Waals surface area (Å²) in [6.07, 6.45) is 2.03. The van der Waals surface area contributed by atoms with Crippen LogP contribution in [-0.4, -0.2) is 50.6 Å². The van der Waals surface area contributed by atoms with Crippen molar-refractivity contribution in [2.75, 3.05) is 27.9 Å². The van der Waals surface area contributed by atoms with Crippen LogP contribution >= 0.6 is 0 Å². The van der Waals surface area contributed by atoms with Gasteiger partial charge in [-0.1, -0.05) is 31.5 Å². The molecule has 2 aromatic carbocycles. The fourth-order valence-electron chi connectivity index (χ4n) is 3.31. The summed E-state index contributed by atoms with van der Waals surface area (Å²) in [4.78, 5) is 27.7. The molecule has 7 nitrogen and oxygen atoms in total. The van der Waals surface area contributed by atoms with E-state index in [9.17, 15) is 9.59 Å². The predicted octanol–water partition coefficient (Wildman–Crippen LogP) is 3.59. The van der Waals surface area contributed by atoms with E-state index < -0.39 is 6.04 Å². The fourth-order valence-corrected chi connectivity index (χ4v) is 3.31. The summed E-state index contributed by atoms with van der Waals surface area (Å²) >= 11 is 0. The van der Waals surface area contributed by atoms with Crippen molar-refractivity contribution >= 4 is 11.8 Å². The zero-order valence-electron chi connectivity index (χ0n) is 19.6. The fraction of sp³-hybridized carbons (Fsp3) is 0.440. The molecule has 0 aliphatic heterocycles. The van der Waals surface area contributed by atoms with Crippen LogP contribution in [-0.2, 0) is 22.6 Å². The average molecular weight is 443 g/mol. The number of amides is 2. The van der Waals surface area contributed by atoms with E-state index in [1.807, 2.05) is 30.3 Å². The minimum atomic E-state index is -0.610. The topological polar surface area (TPSA) is 77.1 Å². The Kier molecular flexibility index (Phi) is 9.85. The Balaban J connectivity index is 2.23. The number of benzene rings is 2. The normalized spacial score (nSPS) is 11.4. The molecule has 2 rings (SSSR count). The van der Waals surface area contributed by atoms with Gasteiger partial charge in [0.15, 0.2) is 11.5 Å². The van der Waals surface area contributed by atoms with Crippen LogP contribution in [0, 0.1) is 0 Å². The maximum absolute atomic E-state index is 13.3. The molecule has 0 saturated heterocycles. The Hall–Kier alpha value is -3.22. The van der Waals surface area contributed by atoms with Crippen LogP contribution in [0.1, 0.15) is 37.8 Å². The van der Waals surface area contributed by atoms with E-state index in [-0.39, 0.29) is 18.2 Å². The van der Waals surface area contributed by atoms with Gasteiger partial charge in [-0.05, 0) is 48.7 Å². The molecule has 174 valence electrons. The third kappa shape index (κ3) is 6.90. The van der Waals surface area contributed by atoms with Crippen molar-refractivity contribution in [3.05, 3.63) is 53.6 Å². The largest absolute Gasteiger partial charge is 0.497 e. The van der Waals surface area contributed by atoms with Crippen LogP contribution in [0.3, 0.4) is 0 Å². The number of hydrogen-bond donors (Lipinski definition) is 1. The number of nitrogens with one attached hydrogen (secondary N) is 1. The van der Waals surface area contributed by atoms with Crippen molar-refractivity contribution in [1.82, 2.24) is 10.2 Å². The zero-order valence-corrected chi connectivity index (χ0v) is 19.6. The van der Waals surface area contributed by atoms with Crippen molar-refractivity contribution in [1.29, 1.82) is 0 Å². The second kappa shape index (κ2) is 12.6. The maximum Gasteiger partial charge on any atom is 0.242 e. The molecular weight excluding hydrogens is 408 g/mol. The quantitative estimate of drug-likeness (QED) is 0.509. The first kappa shape index (κ1) is 25.0. The molecule has 0 bridgehead atoms. The lowest BCUT2D eigenvalue weighted by molar-refractivity contribution is -0.140. The highest BCUT2D eigenvalue weighted by atomic mass is 16.5. The van der Waals surface area contributed by atoms with Crippen LogP contribution < -0.4 is 19.5 Å². The summed E-state index contributed by atoms with van der Waals surface area (Å²) in [5.74, 6) is 1.59. The third-order valence-electron chi connectivity index (χ3n) is 5.31. The van der Waals surface area contributed by atoms with Gasteiger partial charge < -0.3 is 24.4 Å². The van der Waals surface area contributed by atoms with E-state index in [1.54, 1.807) is 45.3 Å². The van der Waals surface area contributed by atoms with E-state index >= 15 is 0 Å². The number of carbonyl (C=O) groups excluding carboxylic acids is 2.